The minimum atomic E-state index is -1.44. The zero-order valence-corrected chi connectivity index (χ0v) is 28.6. The Morgan fingerprint density at radius 2 is 2.04 bits per heavy atom. The van der Waals surface area contributed by atoms with Gasteiger partial charge in [0.15, 0.2) is 0 Å². The number of alkyl halides is 2. The van der Waals surface area contributed by atoms with Crippen LogP contribution in [0.1, 0.15) is 37.3 Å². The van der Waals surface area contributed by atoms with Crippen LogP contribution >= 0.6 is 22.9 Å². The first-order valence-corrected chi connectivity index (χ1v) is 17.4. The zero-order chi connectivity index (χ0) is 35.5. The van der Waals surface area contributed by atoms with Gasteiger partial charge in [-0.05, 0) is 50.1 Å². The van der Waals surface area contributed by atoms with E-state index >= 15 is 8.78 Å². The van der Waals surface area contributed by atoms with Crippen LogP contribution in [0.3, 0.4) is 0 Å². The Labute approximate surface area is 295 Å². The number of likely N-dealkylation sites (tertiary alicyclic amines) is 1. The molecule has 7 rings (SSSR count). The molecule has 5 heterocycles. The van der Waals surface area contributed by atoms with E-state index in [1.165, 1.54) is 17.0 Å². The molecule has 50 heavy (non-hydrogen) atoms. The van der Waals surface area contributed by atoms with Crippen LogP contribution in [0.4, 0.5) is 24.0 Å². The van der Waals surface area contributed by atoms with Crippen molar-refractivity contribution in [1.29, 1.82) is 10.5 Å². The molecule has 3 aliphatic rings. The fourth-order valence-electron chi connectivity index (χ4n) is 7.90. The highest BCUT2D eigenvalue weighted by Gasteiger charge is 2.49. The largest absolute Gasteiger partial charge is 0.461 e. The Bertz CT molecular complexity index is 2150. The number of nitrogens with two attached hydrogens (primary N) is 1. The van der Waals surface area contributed by atoms with E-state index in [9.17, 15) is 19.7 Å². The number of fused-ring (bicyclic) bond motifs is 3. The Balaban J connectivity index is 1.43. The van der Waals surface area contributed by atoms with E-state index in [1.54, 1.807) is 11.0 Å². The molecule has 0 spiro atoms. The van der Waals surface area contributed by atoms with Gasteiger partial charge in [-0.3, -0.25) is 9.69 Å². The first-order chi connectivity index (χ1) is 24.0. The number of amides is 1. The third-order valence-electron chi connectivity index (χ3n) is 10.2. The van der Waals surface area contributed by atoms with Crippen LogP contribution in [0.2, 0.25) is 5.02 Å². The molecule has 2 aromatic heterocycles. The average Bonchev–Trinajstić information content (AvgIpc) is 3.84. The molecule has 0 radical (unpaired) electrons. The molecule has 258 valence electrons. The molecule has 0 aliphatic carbocycles. The van der Waals surface area contributed by atoms with Gasteiger partial charge in [0, 0.05) is 42.4 Å². The van der Waals surface area contributed by atoms with Crippen molar-refractivity contribution >= 4 is 60.7 Å². The minimum absolute atomic E-state index is 0.00403. The number of anilines is 2. The van der Waals surface area contributed by atoms with Gasteiger partial charge in [0.25, 0.3) is 0 Å². The lowest BCUT2D eigenvalue weighted by Crippen LogP contribution is -2.44. The van der Waals surface area contributed by atoms with Crippen LogP contribution in [-0.4, -0.2) is 88.9 Å². The minimum Gasteiger partial charge on any atom is -0.461 e. The maximum atomic E-state index is 15.7. The normalized spacial score (nSPS) is 23.3. The summed E-state index contributed by atoms with van der Waals surface area (Å²) in [6.07, 6.45) is 0.655. The summed E-state index contributed by atoms with van der Waals surface area (Å²) in [4.78, 5) is 27.1. The number of carbonyl (C=O) groups is 1. The molecule has 3 saturated heterocycles. The molecule has 10 nitrogen and oxygen atoms in total. The highest BCUT2D eigenvalue weighted by atomic mass is 35.5. The molecule has 4 atom stereocenters. The van der Waals surface area contributed by atoms with Crippen LogP contribution in [0.25, 0.3) is 32.1 Å². The van der Waals surface area contributed by atoms with Gasteiger partial charge in [-0.1, -0.05) is 24.2 Å². The Hall–Kier alpha value is -4.63. The smallest absolute Gasteiger partial charge is 0.319 e. The number of hydrogen-bond donors (Lipinski definition) is 1. The van der Waals surface area contributed by atoms with E-state index in [0.29, 0.717) is 23.9 Å². The van der Waals surface area contributed by atoms with Gasteiger partial charge in [-0.2, -0.15) is 20.5 Å². The second-order valence-electron chi connectivity index (χ2n) is 12.9. The summed E-state index contributed by atoms with van der Waals surface area (Å²) in [7, 11) is 0. The number of thiophene rings is 1. The average molecular weight is 721 g/mol. The first kappa shape index (κ1) is 33.8. The highest BCUT2D eigenvalue weighted by molar-refractivity contribution is 7.23. The van der Waals surface area contributed by atoms with Gasteiger partial charge < -0.3 is 20.3 Å². The number of halogens is 4. The molecule has 3 fully saturated rings. The molecule has 3 aliphatic heterocycles. The van der Waals surface area contributed by atoms with Crippen molar-refractivity contribution < 1.29 is 22.7 Å². The number of ether oxygens (including phenoxy) is 1. The quantitative estimate of drug-likeness (QED) is 0.213. The predicted molar refractivity (Wildman–Crippen MR) is 186 cm³/mol. The summed E-state index contributed by atoms with van der Waals surface area (Å²) in [5.41, 5.74) is 6.27. The second kappa shape index (κ2) is 12.9. The standard InChI is InChI=1S/C35H32ClF3N8O2S/c1-3-27(48)45-15-25(39)26(16-45)47(4-2)33-20-10-23(36)28(19-6-7-24(38)31-29(19)22(13-41)32(42)50-31)21(12-40)30(20)43-34(44-33)49-17-35-8-5-9-46(35)14-18(37)11-35/h3,6-7,10,18,25-26H,1,4-5,8-9,11,14-17,42H2,2H3. The van der Waals surface area contributed by atoms with Crippen LogP contribution < -0.4 is 15.4 Å². The summed E-state index contributed by atoms with van der Waals surface area (Å²) < 4.78 is 51.7. The van der Waals surface area contributed by atoms with E-state index in [2.05, 4.69) is 17.5 Å². The fourth-order valence-corrected chi connectivity index (χ4v) is 9.16. The van der Waals surface area contributed by atoms with Crippen molar-refractivity contribution in [2.75, 3.05) is 50.0 Å². The lowest BCUT2D eigenvalue weighted by Gasteiger charge is -2.32. The van der Waals surface area contributed by atoms with Gasteiger partial charge in [0.05, 0.1) is 44.5 Å². The highest BCUT2D eigenvalue weighted by Crippen LogP contribution is 2.47. The van der Waals surface area contributed by atoms with Gasteiger partial charge >= 0.3 is 6.01 Å². The van der Waals surface area contributed by atoms with Crippen molar-refractivity contribution in [1.82, 2.24) is 19.8 Å². The fraction of sp³-hybridized carbons (Fsp3) is 0.400. The summed E-state index contributed by atoms with van der Waals surface area (Å²) in [5.74, 6) is -0.752. The number of nitriles is 2. The van der Waals surface area contributed by atoms with Crippen molar-refractivity contribution in [3.05, 3.63) is 52.8 Å². The third kappa shape index (κ3) is 5.37. The van der Waals surface area contributed by atoms with Crippen molar-refractivity contribution in [3.63, 3.8) is 0 Å². The summed E-state index contributed by atoms with van der Waals surface area (Å²) >= 11 is 7.90. The zero-order valence-electron chi connectivity index (χ0n) is 27.1. The molecule has 2 N–H and O–H groups in total. The molecule has 0 bridgehead atoms. The molecular formula is C35H32ClF3N8O2S. The molecule has 15 heteroatoms. The number of aromatic nitrogens is 2. The number of nitrogens with zero attached hydrogens (tertiary/aromatic N) is 7. The molecular weight excluding hydrogens is 689 g/mol. The SMILES string of the molecule is C=CC(=O)N1CC(F)C(N(CC)c2nc(OCC34CCCN3CC(F)C4)nc3c(C#N)c(-c4ccc(F)c5sc(N)c(C#N)c45)c(Cl)cc23)C1. The van der Waals surface area contributed by atoms with Crippen LogP contribution in [0, 0.1) is 28.5 Å². The molecule has 0 saturated carbocycles. The lowest BCUT2D eigenvalue weighted by atomic mass is 9.93. The Morgan fingerprint density at radius 1 is 1.26 bits per heavy atom. The molecule has 1 amide bonds. The molecule has 4 aromatic rings. The van der Waals surface area contributed by atoms with Crippen LogP contribution in [0.5, 0.6) is 6.01 Å². The van der Waals surface area contributed by atoms with E-state index < -0.39 is 35.6 Å². The van der Waals surface area contributed by atoms with Gasteiger partial charge in [-0.15, -0.1) is 11.3 Å². The van der Waals surface area contributed by atoms with Gasteiger partial charge in [0.2, 0.25) is 5.91 Å². The lowest BCUT2D eigenvalue weighted by molar-refractivity contribution is -0.125. The van der Waals surface area contributed by atoms with Crippen molar-refractivity contribution in [2.24, 2.45) is 0 Å². The number of likely N-dealkylation sites (N-methyl/N-ethyl adjacent to an activating group) is 1. The van der Waals surface area contributed by atoms with E-state index in [1.807, 2.05) is 13.0 Å². The van der Waals surface area contributed by atoms with Gasteiger partial charge in [0.1, 0.15) is 47.7 Å². The number of carbonyl (C=O) groups excluding carboxylic acids is 1. The topological polar surface area (TPSA) is 135 Å². The Morgan fingerprint density at radius 3 is 2.76 bits per heavy atom. The first-order valence-electron chi connectivity index (χ1n) is 16.2. The van der Waals surface area contributed by atoms with Crippen LogP contribution in [-0.2, 0) is 4.79 Å². The number of rotatable bonds is 8. The maximum Gasteiger partial charge on any atom is 0.319 e. The number of hydrogen-bond acceptors (Lipinski definition) is 10. The van der Waals surface area contributed by atoms with Gasteiger partial charge in [-0.25, -0.2) is 13.2 Å². The summed E-state index contributed by atoms with van der Waals surface area (Å²) in [6, 6.07) is 7.56. The van der Waals surface area contributed by atoms with Crippen molar-refractivity contribution in [2.45, 2.75) is 50.1 Å². The van der Waals surface area contributed by atoms with E-state index in [0.717, 1.165) is 36.8 Å². The monoisotopic (exact) mass is 720 g/mol. The third-order valence-corrected chi connectivity index (χ3v) is 11.5. The molecule has 4 unspecified atom stereocenters. The predicted octanol–water partition coefficient (Wildman–Crippen LogP) is 6.15. The Kier molecular flexibility index (Phi) is 8.75. The summed E-state index contributed by atoms with van der Waals surface area (Å²) in [6.45, 7) is 6.69. The van der Waals surface area contributed by atoms with Crippen LogP contribution in [0.15, 0.2) is 30.9 Å². The van der Waals surface area contributed by atoms with E-state index in [-0.39, 0.29) is 80.4 Å². The number of nitrogen functional groups attached to an aromatic ring is 1. The second-order valence-corrected chi connectivity index (χ2v) is 14.3. The maximum absolute atomic E-state index is 15.7. The van der Waals surface area contributed by atoms with E-state index in [4.69, 9.17) is 32.0 Å². The van der Waals surface area contributed by atoms with Crippen molar-refractivity contribution in [3.8, 4) is 29.3 Å². The number of benzene rings is 2. The molecule has 2 aromatic carbocycles. The summed E-state index contributed by atoms with van der Waals surface area (Å²) in [5, 5.41) is 21.4.